The number of hydrogen-bond acceptors (Lipinski definition) is 4. The van der Waals surface area contributed by atoms with Crippen LogP contribution in [0.5, 0.6) is 0 Å². The lowest BCUT2D eigenvalue weighted by molar-refractivity contribution is -0.121. The fourth-order valence-electron chi connectivity index (χ4n) is 3.04. The van der Waals surface area contributed by atoms with Crippen LogP contribution >= 0.6 is 11.6 Å². The highest BCUT2D eigenvalue weighted by Gasteiger charge is 2.11. The van der Waals surface area contributed by atoms with Crippen molar-refractivity contribution in [1.82, 2.24) is 20.0 Å². The van der Waals surface area contributed by atoms with Gasteiger partial charge in [0.25, 0.3) is 5.56 Å². The Morgan fingerprint density at radius 1 is 1.08 bits per heavy atom. The third-order valence-corrected chi connectivity index (χ3v) is 4.76. The van der Waals surface area contributed by atoms with E-state index >= 15 is 0 Å². The van der Waals surface area contributed by atoms with Crippen LogP contribution in [-0.2, 0) is 11.3 Å². The summed E-state index contributed by atoms with van der Waals surface area (Å²) < 4.78 is 1.34. The van der Waals surface area contributed by atoms with Crippen LogP contribution in [0.3, 0.4) is 0 Å². The van der Waals surface area contributed by atoms with E-state index < -0.39 is 0 Å². The van der Waals surface area contributed by atoms with Crippen molar-refractivity contribution in [2.75, 3.05) is 26.2 Å². The second-order valence-electron chi connectivity index (χ2n) is 6.44. The highest BCUT2D eigenvalue weighted by molar-refractivity contribution is 6.30. The number of amides is 1. The quantitative estimate of drug-likeness (QED) is 0.806. The van der Waals surface area contributed by atoms with E-state index in [2.05, 4.69) is 15.3 Å². The van der Waals surface area contributed by atoms with Gasteiger partial charge < -0.3 is 10.2 Å². The Morgan fingerprint density at radius 2 is 1.81 bits per heavy atom. The number of aryl methyl sites for hydroxylation is 1. The highest BCUT2D eigenvalue weighted by Crippen LogP contribution is 2.18. The molecule has 7 heteroatoms. The molecule has 0 spiro atoms. The van der Waals surface area contributed by atoms with Crippen LogP contribution in [-0.4, -0.2) is 46.8 Å². The van der Waals surface area contributed by atoms with Crippen LogP contribution < -0.4 is 10.9 Å². The van der Waals surface area contributed by atoms with Gasteiger partial charge >= 0.3 is 0 Å². The summed E-state index contributed by atoms with van der Waals surface area (Å²) in [7, 11) is 0. The number of likely N-dealkylation sites (tertiary alicyclic amines) is 1. The van der Waals surface area contributed by atoms with Gasteiger partial charge in [0, 0.05) is 36.2 Å². The SMILES string of the molecule is O=C(CCn1nc(-c2ccc(Cl)cc2)ccc1=O)NCCN1CCCC1. The van der Waals surface area contributed by atoms with Crippen LogP contribution in [0.1, 0.15) is 19.3 Å². The Bertz CT molecular complexity index is 798. The van der Waals surface area contributed by atoms with Gasteiger partial charge in [-0.3, -0.25) is 9.59 Å². The summed E-state index contributed by atoms with van der Waals surface area (Å²) >= 11 is 5.90. The maximum Gasteiger partial charge on any atom is 0.266 e. The average Bonchev–Trinajstić information content (AvgIpc) is 3.15. The van der Waals surface area contributed by atoms with E-state index in [0.29, 0.717) is 17.3 Å². The van der Waals surface area contributed by atoms with Gasteiger partial charge in [0.2, 0.25) is 5.91 Å². The van der Waals surface area contributed by atoms with E-state index in [0.717, 1.165) is 25.2 Å². The molecule has 0 unspecified atom stereocenters. The molecule has 0 atom stereocenters. The number of nitrogens with one attached hydrogen (secondary N) is 1. The van der Waals surface area contributed by atoms with Crippen LogP contribution in [0.4, 0.5) is 0 Å². The molecular weight excluding hydrogens is 352 g/mol. The third-order valence-electron chi connectivity index (χ3n) is 4.51. The molecule has 6 nitrogen and oxygen atoms in total. The molecule has 26 heavy (non-hydrogen) atoms. The Kier molecular flexibility index (Phi) is 6.41. The smallest absolute Gasteiger partial charge is 0.266 e. The summed E-state index contributed by atoms with van der Waals surface area (Å²) in [4.78, 5) is 26.4. The number of rotatable bonds is 7. The van der Waals surface area contributed by atoms with Gasteiger partial charge in [-0.05, 0) is 44.1 Å². The molecule has 1 aliphatic heterocycles. The largest absolute Gasteiger partial charge is 0.355 e. The summed E-state index contributed by atoms with van der Waals surface area (Å²) in [6.45, 7) is 4.02. The number of nitrogens with zero attached hydrogens (tertiary/aromatic N) is 3. The Balaban J connectivity index is 1.53. The van der Waals surface area contributed by atoms with Gasteiger partial charge in [0.15, 0.2) is 0 Å². The number of halogens is 1. The molecule has 1 aliphatic rings. The molecule has 2 heterocycles. The molecule has 138 valence electrons. The topological polar surface area (TPSA) is 67.2 Å². The van der Waals surface area contributed by atoms with Crippen molar-refractivity contribution < 1.29 is 4.79 Å². The first-order valence-electron chi connectivity index (χ1n) is 8.95. The van der Waals surface area contributed by atoms with E-state index in [9.17, 15) is 9.59 Å². The average molecular weight is 375 g/mol. The molecule has 3 rings (SSSR count). The van der Waals surface area contributed by atoms with Crippen LogP contribution in [0.2, 0.25) is 5.02 Å². The lowest BCUT2D eigenvalue weighted by Crippen LogP contribution is -2.34. The zero-order valence-corrected chi connectivity index (χ0v) is 15.4. The molecule has 1 saturated heterocycles. The van der Waals surface area contributed by atoms with Gasteiger partial charge in [0.1, 0.15) is 0 Å². The van der Waals surface area contributed by atoms with E-state index in [-0.39, 0.29) is 24.4 Å². The van der Waals surface area contributed by atoms with E-state index in [1.54, 1.807) is 18.2 Å². The van der Waals surface area contributed by atoms with Crippen molar-refractivity contribution in [2.24, 2.45) is 0 Å². The van der Waals surface area contributed by atoms with E-state index in [1.807, 2.05) is 12.1 Å². The zero-order chi connectivity index (χ0) is 18.4. The minimum absolute atomic E-state index is 0.0604. The lowest BCUT2D eigenvalue weighted by atomic mass is 10.1. The molecule has 1 aromatic carbocycles. The second-order valence-corrected chi connectivity index (χ2v) is 6.87. The molecule has 1 amide bonds. The van der Waals surface area contributed by atoms with Gasteiger partial charge in [-0.15, -0.1) is 0 Å². The Hall–Kier alpha value is -2.18. The summed E-state index contributed by atoms with van der Waals surface area (Å²) in [6, 6.07) is 10.4. The molecule has 2 aromatic rings. The summed E-state index contributed by atoms with van der Waals surface area (Å²) in [5.41, 5.74) is 1.33. The fourth-order valence-corrected chi connectivity index (χ4v) is 3.17. The number of carbonyl (C=O) groups excluding carboxylic acids is 1. The maximum atomic E-state index is 12.0. The molecule has 0 radical (unpaired) electrons. The van der Waals surface area contributed by atoms with Gasteiger partial charge in [-0.25, -0.2) is 4.68 Å². The number of benzene rings is 1. The van der Waals surface area contributed by atoms with Gasteiger partial charge in [0.05, 0.1) is 12.2 Å². The molecule has 0 saturated carbocycles. The van der Waals surface area contributed by atoms with Crippen molar-refractivity contribution in [2.45, 2.75) is 25.8 Å². The molecule has 1 fully saturated rings. The fraction of sp³-hybridized carbons (Fsp3) is 0.421. The summed E-state index contributed by atoms with van der Waals surface area (Å²) in [6.07, 6.45) is 2.72. The Morgan fingerprint density at radius 3 is 2.54 bits per heavy atom. The molecule has 0 bridgehead atoms. The maximum absolute atomic E-state index is 12.0. The normalized spacial score (nSPS) is 14.5. The lowest BCUT2D eigenvalue weighted by Gasteiger charge is -2.14. The number of hydrogen-bond donors (Lipinski definition) is 1. The minimum atomic E-state index is -0.215. The summed E-state index contributed by atoms with van der Waals surface area (Å²) in [5.74, 6) is -0.0604. The standard InChI is InChI=1S/C19H23ClN4O2/c20-16-5-3-15(4-6-16)17-7-8-19(26)24(22-17)13-9-18(25)21-10-14-23-11-1-2-12-23/h3-8H,1-2,9-14H2,(H,21,25). The van der Waals surface area contributed by atoms with Crippen LogP contribution in [0.25, 0.3) is 11.3 Å². The van der Waals surface area contributed by atoms with Crippen molar-refractivity contribution >= 4 is 17.5 Å². The molecular formula is C19H23ClN4O2. The molecule has 1 N–H and O–H groups in total. The van der Waals surface area contributed by atoms with Gasteiger partial charge in [-0.2, -0.15) is 5.10 Å². The molecule has 0 aliphatic carbocycles. The number of carbonyl (C=O) groups is 1. The number of aromatic nitrogens is 2. The minimum Gasteiger partial charge on any atom is -0.355 e. The van der Waals surface area contributed by atoms with E-state index in [1.165, 1.54) is 23.6 Å². The predicted molar refractivity (Wildman–Crippen MR) is 102 cm³/mol. The van der Waals surface area contributed by atoms with Crippen molar-refractivity contribution in [3.8, 4) is 11.3 Å². The predicted octanol–water partition coefficient (Wildman–Crippen LogP) is 2.17. The zero-order valence-electron chi connectivity index (χ0n) is 14.7. The van der Waals surface area contributed by atoms with Crippen molar-refractivity contribution in [3.63, 3.8) is 0 Å². The Labute approximate surface area is 157 Å². The first kappa shape index (κ1) is 18.6. The van der Waals surface area contributed by atoms with Crippen LogP contribution in [0, 0.1) is 0 Å². The first-order chi connectivity index (χ1) is 12.6. The highest BCUT2D eigenvalue weighted by atomic mass is 35.5. The monoisotopic (exact) mass is 374 g/mol. The molecule has 1 aromatic heterocycles. The second kappa shape index (κ2) is 8.96. The first-order valence-corrected chi connectivity index (χ1v) is 9.33. The van der Waals surface area contributed by atoms with Crippen molar-refractivity contribution in [1.29, 1.82) is 0 Å². The third kappa shape index (κ3) is 5.16. The van der Waals surface area contributed by atoms with E-state index in [4.69, 9.17) is 11.6 Å². The van der Waals surface area contributed by atoms with Crippen LogP contribution in [0.15, 0.2) is 41.2 Å². The summed E-state index contributed by atoms with van der Waals surface area (Å²) in [5, 5.41) is 7.92. The van der Waals surface area contributed by atoms with Gasteiger partial charge in [-0.1, -0.05) is 23.7 Å². The van der Waals surface area contributed by atoms with Crippen molar-refractivity contribution in [3.05, 3.63) is 51.8 Å².